The molecule has 1 heterocycles. The Labute approximate surface area is 329 Å². The van der Waals surface area contributed by atoms with Crippen molar-refractivity contribution in [2.45, 2.75) is 231 Å². The smallest absolute Gasteiger partial charge is 0.112 e. The first-order valence-electron chi connectivity index (χ1n) is 23.3. The van der Waals surface area contributed by atoms with E-state index >= 15 is 0 Å². The van der Waals surface area contributed by atoms with Crippen LogP contribution in [0.1, 0.15) is 230 Å². The van der Waals surface area contributed by atoms with Gasteiger partial charge in [0.1, 0.15) is 5.82 Å². The van der Waals surface area contributed by atoms with E-state index < -0.39 is 0 Å². The molecule has 0 bridgehead atoms. The molecule has 3 aromatic rings. The minimum Gasteiger partial charge on any atom is -0.335 e. The molecular formula is C51H84N2. The van der Waals surface area contributed by atoms with Crippen LogP contribution in [0.15, 0.2) is 73.1 Å². The molecule has 0 aliphatic heterocycles. The minimum absolute atomic E-state index is 0.0299. The molecule has 0 radical (unpaired) electrons. The second-order valence-electron chi connectivity index (χ2n) is 17.0. The minimum atomic E-state index is -0.0299. The van der Waals surface area contributed by atoms with E-state index in [2.05, 4.69) is 98.4 Å². The Morgan fingerprint density at radius 3 is 1.34 bits per heavy atom. The van der Waals surface area contributed by atoms with E-state index in [1.165, 1.54) is 203 Å². The number of aromatic nitrogens is 2. The predicted octanol–water partition coefficient (Wildman–Crippen LogP) is 16.5. The van der Waals surface area contributed by atoms with Crippen molar-refractivity contribution in [3.63, 3.8) is 0 Å². The van der Waals surface area contributed by atoms with Gasteiger partial charge < -0.3 is 4.57 Å². The standard InChI is InChI=1S/C51H84N2/c1-4-6-8-10-12-14-16-17-18-19-20-21-22-24-26-28-36-42-49(51(3,48-40-34-31-35-41-48)46-47-38-32-30-33-39-47)50-52-43-45-53(50)44-37-29-27-25-23-15-13-11-9-7-5-2/h30-35,38-41,43,45,49H,4-29,36-37,42,44,46H2,1-3H3. The van der Waals surface area contributed by atoms with Crippen LogP contribution in [0, 0.1) is 0 Å². The average Bonchev–Trinajstić information content (AvgIpc) is 3.65. The van der Waals surface area contributed by atoms with Crippen LogP contribution in [-0.2, 0) is 18.4 Å². The van der Waals surface area contributed by atoms with Crippen molar-refractivity contribution in [2.24, 2.45) is 0 Å². The van der Waals surface area contributed by atoms with E-state index in [-0.39, 0.29) is 5.41 Å². The highest BCUT2D eigenvalue weighted by Gasteiger charge is 2.39. The number of aryl methyl sites for hydroxylation is 1. The molecule has 2 nitrogen and oxygen atoms in total. The molecule has 53 heavy (non-hydrogen) atoms. The summed E-state index contributed by atoms with van der Waals surface area (Å²) in [6, 6.07) is 22.6. The highest BCUT2D eigenvalue weighted by molar-refractivity contribution is 5.33. The van der Waals surface area contributed by atoms with Crippen LogP contribution in [0.3, 0.4) is 0 Å². The quantitative estimate of drug-likeness (QED) is 0.0552. The maximum atomic E-state index is 5.18. The topological polar surface area (TPSA) is 17.8 Å². The number of nitrogens with zero attached hydrogens (tertiary/aromatic N) is 2. The SMILES string of the molecule is CCCCCCCCCCCCCCCCCCCC(c1nccn1CCCCCCCCCCCCC)C(C)(Cc1ccccc1)c1ccccc1. The molecule has 0 fully saturated rings. The van der Waals surface area contributed by atoms with Crippen molar-refractivity contribution in [1.29, 1.82) is 0 Å². The van der Waals surface area contributed by atoms with Gasteiger partial charge in [0.25, 0.3) is 0 Å². The van der Waals surface area contributed by atoms with Crippen LogP contribution >= 0.6 is 0 Å². The number of benzene rings is 2. The monoisotopic (exact) mass is 725 g/mol. The summed E-state index contributed by atoms with van der Waals surface area (Å²) in [5.74, 6) is 1.69. The molecule has 2 aromatic carbocycles. The van der Waals surface area contributed by atoms with E-state index in [4.69, 9.17) is 4.98 Å². The summed E-state index contributed by atoms with van der Waals surface area (Å²) in [5.41, 5.74) is 2.84. The number of unbranched alkanes of at least 4 members (excludes halogenated alkanes) is 26. The molecule has 0 aliphatic rings. The number of hydrogen-bond acceptors (Lipinski definition) is 1. The molecule has 0 saturated heterocycles. The highest BCUT2D eigenvalue weighted by Crippen LogP contribution is 2.44. The number of imidazole rings is 1. The summed E-state index contributed by atoms with van der Waals surface area (Å²) in [7, 11) is 0. The van der Waals surface area contributed by atoms with Crippen molar-refractivity contribution in [1.82, 2.24) is 9.55 Å². The zero-order valence-corrected chi connectivity index (χ0v) is 35.3. The Morgan fingerprint density at radius 2 is 0.887 bits per heavy atom. The van der Waals surface area contributed by atoms with Gasteiger partial charge in [0, 0.05) is 30.3 Å². The van der Waals surface area contributed by atoms with Crippen molar-refractivity contribution in [3.8, 4) is 0 Å². The third-order valence-corrected chi connectivity index (χ3v) is 12.3. The van der Waals surface area contributed by atoms with Gasteiger partial charge in [-0.15, -0.1) is 0 Å². The van der Waals surface area contributed by atoms with Crippen LogP contribution in [0.5, 0.6) is 0 Å². The van der Waals surface area contributed by atoms with E-state index in [0.717, 1.165) is 13.0 Å². The zero-order valence-electron chi connectivity index (χ0n) is 35.3. The van der Waals surface area contributed by atoms with Crippen LogP contribution in [0.2, 0.25) is 0 Å². The molecule has 0 spiro atoms. The van der Waals surface area contributed by atoms with Gasteiger partial charge in [0.2, 0.25) is 0 Å². The van der Waals surface area contributed by atoms with E-state index in [1.807, 2.05) is 0 Å². The lowest BCUT2D eigenvalue weighted by Crippen LogP contribution is -2.35. The van der Waals surface area contributed by atoms with Crippen molar-refractivity contribution in [3.05, 3.63) is 90.0 Å². The first-order chi connectivity index (χ1) is 26.2. The summed E-state index contributed by atoms with van der Waals surface area (Å²) in [4.78, 5) is 5.18. The van der Waals surface area contributed by atoms with Crippen LogP contribution in [-0.4, -0.2) is 9.55 Å². The summed E-state index contributed by atoms with van der Waals surface area (Å²) in [5, 5.41) is 0. The fraction of sp³-hybridized carbons (Fsp3) is 0.706. The molecule has 298 valence electrons. The first kappa shape index (κ1) is 45.0. The molecule has 0 saturated carbocycles. The lowest BCUT2D eigenvalue weighted by Gasteiger charge is -2.39. The molecule has 0 aliphatic carbocycles. The molecule has 3 rings (SSSR count). The fourth-order valence-electron chi connectivity index (χ4n) is 8.84. The second kappa shape index (κ2) is 29.9. The number of hydrogen-bond donors (Lipinski definition) is 0. The van der Waals surface area contributed by atoms with Gasteiger partial charge in [0.05, 0.1) is 0 Å². The Bertz CT molecular complexity index is 1220. The summed E-state index contributed by atoms with van der Waals surface area (Å²) >= 11 is 0. The largest absolute Gasteiger partial charge is 0.335 e. The van der Waals surface area contributed by atoms with Gasteiger partial charge >= 0.3 is 0 Å². The Hall–Kier alpha value is -2.35. The van der Waals surface area contributed by atoms with Gasteiger partial charge in [-0.05, 0) is 30.4 Å². The second-order valence-corrected chi connectivity index (χ2v) is 17.0. The molecule has 0 N–H and O–H groups in total. The van der Waals surface area contributed by atoms with E-state index in [1.54, 1.807) is 0 Å². The highest BCUT2D eigenvalue weighted by atomic mass is 15.1. The van der Waals surface area contributed by atoms with Crippen LogP contribution in [0.4, 0.5) is 0 Å². The third-order valence-electron chi connectivity index (χ3n) is 12.3. The summed E-state index contributed by atoms with van der Waals surface area (Å²) in [6.45, 7) is 8.25. The summed E-state index contributed by atoms with van der Waals surface area (Å²) < 4.78 is 2.54. The van der Waals surface area contributed by atoms with Crippen molar-refractivity contribution in [2.75, 3.05) is 0 Å². The van der Waals surface area contributed by atoms with Crippen LogP contribution < -0.4 is 0 Å². The van der Waals surface area contributed by atoms with Crippen LogP contribution in [0.25, 0.3) is 0 Å². The fourth-order valence-corrected chi connectivity index (χ4v) is 8.84. The molecule has 2 heteroatoms. The maximum Gasteiger partial charge on any atom is 0.112 e. The van der Waals surface area contributed by atoms with E-state index in [9.17, 15) is 0 Å². The third kappa shape index (κ3) is 19.2. The van der Waals surface area contributed by atoms with Gasteiger partial charge in [-0.25, -0.2) is 4.98 Å². The Kier molecular flexibility index (Phi) is 25.4. The molecule has 1 aromatic heterocycles. The normalized spacial score (nSPS) is 13.3. The predicted molar refractivity (Wildman–Crippen MR) is 234 cm³/mol. The van der Waals surface area contributed by atoms with Gasteiger partial charge in [-0.2, -0.15) is 0 Å². The average molecular weight is 725 g/mol. The molecule has 2 atom stereocenters. The molecule has 2 unspecified atom stereocenters. The maximum absolute atomic E-state index is 5.18. The number of rotatable bonds is 35. The first-order valence-corrected chi connectivity index (χ1v) is 23.3. The lowest BCUT2D eigenvalue weighted by atomic mass is 9.66. The zero-order chi connectivity index (χ0) is 37.5. The van der Waals surface area contributed by atoms with Crippen molar-refractivity contribution >= 4 is 0 Å². The van der Waals surface area contributed by atoms with Gasteiger partial charge in [-0.3, -0.25) is 0 Å². The molecule has 0 amide bonds. The van der Waals surface area contributed by atoms with Crippen molar-refractivity contribution < 1.29 is 0 Å². The Morgan fingerprint density at radius 1 is 0.491 bits per heavy atom. The Balaban J connectivity index is 1.49. The molecular weight excluding hydrogens is 641 g/mol. The summed E-state index contributed by atoms with van der Waals surface area (Å²) in [6.07, 6.45) is 46.0. The van der Waals surface area contributed by atoms with E-state index in [0.29, 0.717) is 5.92 Å². The van der Waals surface area contributed by atoms with Gasteiger partial charge in [-0.1, -0.05) is 255 Å². The van der Waals surface area contributed by atoms with Gasteiger partial charge in [0.15, 0.2) is 0 Å². The lowest BCUT2D eigenvalue weighted by molar-refractivity contribution is 0.321.